The average molecular weight is 579 g/mol. The van der Waals surface area contributed by atoms with E-state index in [-0.39, 0.29) is 17.4 Å². The summed E-state index contributed by atoms with van der Waals surface area (Å²) in [4.78, 5) is 26.9. The molecule has 1 fully saturated rings. The lowest BCUT2D eigenvalue weighted by Crippen LogP contribution is -2.60. The van der Waals surface area contributed by atoms with Gasteiger partial charge in [0.2, 0.25) is 3.79 Å². The van der Waals surface area contributed by atoms with Crippen molar-refractivity contribution in [2.45, 2.75) is 28.8 Å². The van der Waals surface area contributed by atoms with E-state index in [1.54, 1.807) is 36.4 Å². The number of hydrogen-bond acceptors (Lipinski definition) is 3. The summed E-state index contributed by atoms with van der Waals surface area (Å²) in [6, 6.07) is 12.2. The van der Waals surface area contributed by atoms with Gasteiger partial charge in [-0.1, -0.05) is 56.8 Å². The minimum absolute atomic E-state index is 0.0262. The SMILES string of the molecule is O=C(N[C@H](NC(=S)N1C[C@H]2C[C@@H](C1)c1cccc(=O)n1C2)C(Cl)(Cl)Cl)c1ccc(Br)cc1. The molecule has 4 rings (SSSR count). The van der Waals surface area contributed by atoms with Gasteiger partial charge in [0.25, 0.3) is 11.5 Å². The van der Waals surface area contributed by atoms with E-state index in [9.17, 15) is 9.59 Å². The van der Waals surface area contributed by atoms with Crippen molar-refractivity contribution in [1.29, 1.82) is 0 Å². The van der Waals surface area contributed by atoms with E-state index in [0.29, 0.717) is 30.3 Å². The third-order valence-electron chi connectivity index (χ3n) is 5.74. The van der Waals surface area contributed by atoms with Crippen LogP contribution in [-0.2, 0) is 6.54 Å². The second-order valence-electron chi connectivity index (χ2n) is 8.01. The third kappa shape index (κ3) is 5.25. The lowest BCUT2D eigenvalue weighted by molar-refractivity contribution is 0.0932. The van der Waals surface area contributed by atoms with E-state index >= 15 is 0 Å². The number of benzene rings is 1. The predicted molar refractivity (Wildman–Crippen MR) is 135 cm³/mol. The van der Waals surface area contributed by atoms with Gasteiger partial charge < -0.3 is 20.1 Å². The number of aromatic nitrogens is 1. The molecular weight excluding hydrogens is 559 g/mol. The zero-order valence-corrected chi connectivity index (χ0v) is 21.4. The minimum atomic E-state index is -1.83. The maximum absolute atomic E-state index is 12.7. The van der Waals surface area contributed by atoms with Crippen LogP contribution in [0.5, 0.6) is 0 Å². The fourth-order valence-corrected chi connectivity index (χ4v) is 5.15. The second-order valence-corrected chi connectivity index (χ2v) is 11.7. The van der Waals surface area contributed by atoms with Crippen molar-refractivity contribution in [2.75, 3.05) is 13.1 Å². The number of fused-ring (bicyclic) bond motifs is 4. The van der Waals surface area contributed by atoms with E-state index in [2.05, 4.69) is 26.6 Å². The summed E-state index contributed by atoms with van der Waals surface area (Å²) in [5.74, 6) is 0.0670. The summed E-state index contributed by atoms with van der Waals surface area (Å²) >= 11 is 27.4. The molecule has 0 unspecified atom stereocenters. The van der Waals surface area contributed by atoms with Gasteiger partial charge in [0, 0.05) is 47.3 Å². The van der Waals surface area contributed by atoms with Crippen LogP contribution in [0.2, 0.25) is 0 Å². The molecule has 6 nitrogen and oxygen atoms in total. The van der Waals surface area contributed by atoms with Crippen molar-refractivity contribution in [3.8, 4) is 0 Å². The zero-order chi connectivity index (χ0) is 23.0. The number of hydrogen-bond donors (Lipinski definition) is 2. The lowest BCUT2D eigenvalue weighted by Gasteiger charge is -2.44. The van der Waals surface area contributed by atoms with Crippen LogP contribution in [0.25, 0.3) is 0 Å². The number of nitrogens with one attached hydrogen (secondary N) is 2. The predicted octanol–water partition coefficient (Wildman–Crippen LogP) is 4.03. The van der Waals surface area contributed by atoms with Crippen LogP contribution < -0.4 is 16.2 Å². The first-order valence-electron chi connectivity index (χ1n) is 10.00. The molecule has 0 radical (unpaired) electrons. The Bertz CT molecular complexity index is 1090. The molecule has 3 atom stereocenters. The Kier molecular flexibility index (Phi) is 7.08. The van der Waals surface area contributed by atoms with Crippen LogP contribution in [0.1, 0.15) is 28.4 Å². The van der Waals surface area contributed by atoms with Crippen molar-refractivity contribution in [2.24, 2.45) is 5.92 Å². The number of halogens is 4. The summed E-state index contributed by atoms with van der Waals surface area (Å²) in [5.41, 5.74) is 1.47. The maximum Gasteiger partial charge on any atom is 0.252 e. The summed E-state index contributed by atoms with van der Waals surface area (Å²) in [6.45, 7) is 1.97. The van der Waals surface area contributed by atoms with Crippen LogP contribution >= 0.6 is 63.0 Å². The van der Waals surface area contributed by atoms with Crippen LogP contribution in [0, 0.1) is 5.92 Å². The highest BCUT2D eigenvalue weighted by atomic mass is 79.9. The molecule has 1 amide bonds. The Morgan fingerprint density at radius 3 is 2.50 bits per heavy atom. The van der Waals surface area contributed by atoms with Crippen molar-refractivity contribution in [3.63, 3.8) is 0 Å². The first-order valence-corrected chi connectivity index (χ1v) is 12.3. The molecular formula is C21H20BrCl3N4O2S. The quantitative estimate of drug-likeness (QED) is 0.327. The van der Waals surface area contributed by atoms with Crippen molar-refractivity contribution < 1.29 is 4.79 Å². The molecule has 2 bridgehead atoms. The summed E-state index contributed by atoms with van der Waals surface area (Å²) in [7, 11) is 0. The molecule has 170 valence electrons. The largest absolute Gasteiger partial charge is 0.348 e. The maximum atomic E-state index is 12.7. The molecule has 3 heterocycles. The number of thiocarbonyl (C=S) groups is 1. The molecule has 32 heavy (non-hydrogen) atoms. The van der Waals surface area contributed by atoms with E-state index in [4.69, 9.17) is 47.0 Å². The Morgan fingerprint density at radius 2 is 1.81 bits per heavy atom. The highest BCUT2D eigenvalue weighted by Gasteiger charge is 2.39. The van der Waals surface area contributed by atoms with Crippen LogP contribution in [-0.4, -0.2) is 43.5 Å². The number of pyridine rings is 1. The molecule has 2 N–H and O–H groups in total. The zero-order valence-electron chi connectivity index (χ0n) is 16.7. The second kappa shape index (κ2) is 9.50. The van der Waals surface area contributed by atoms with Gasteiger partial charge >= 0.3 is 0 Å². The number of piperidine rings is 1. The van der Waals surface area contributed by atoms with E-state index < -0.39 is 15.9 Å². The molecule has 11 heteroatoms. The fraction of sp³-hybridized carbons (Fsp3) is 0.381. The average Bonchev–Trinajstić information content (AvgIpc) is 2.73. The van der Waals surface area contributed by atoms with E-state index in [1.165, 1.54) is 0 Å². The molecule has 2 aliphatic heterocycles. The van der Waals surface area contributed by atoms with Crippen molar-refractivity contribution >= 4 is 74.0 Å². The number of carbonyl (C=O) groups excluding carboxylic acids is 1. The van der Waals surface area contributed by atoms with Crippen LogP contribution in [0.4, 0.5) is 0 Å². The van der Waals surface area contributed by atoms with Gasteiger partial charge in [-0.15, -0.1) is 0 Å². The Labute approximate surface area is 214 Å². The third-order valence-corrected chi connectivity index (χ3v) is 7.30. The van der Waals surface area contributed by atoms with Crippen LogP contribution in [0.15, 0.2) is 51.7 Å². The highest BCUT2D eigenvalue weighted by Crippen LogP contribution is 2.35. The lowest BCUT2D eigenvalue weighted by atomic mass is 9.83. The molecule has 1 aromatic carbocycles. The van der Waals surface area contributed by atoms with Gasteiger partial charge in [-0.25, -0.2) is 0 Å². The van der Waals surface area contributed by atoms with Crippen molar-refractivity contribution in [1.82, 2.24) is 20.1 Å². The fourth-order valence-electron chi connectivity index (χ4n) is 4.29. The van der Waals surface area contributed by atoms with E-state index in [1.807, 2.05) is 15.5 Å². The van der Waals surface area contributed by atoms with Gasteiger partial charge in [0.15, 0.2) is 5.11 Å². The molecule has 2 aliphatic rings. The topological polar surface area (TPSA) is 66.4 Å². The van der Waals surface area contributed by atoms with Gasteiger partial charge in [-0.05, 0) is 54.9 Å². The normalized spacial score (nSPS) is 20.8. The van der Waals surface area contributed by atoms with E-state index in [0.717, 1.165) is 16.6 Å². The molecule has 2 aromatic rings. The van der Waals surface area contributed by atoms with Crippen molar-refractivity contribution in [3.05, 3.63) is 68.5 Å². The number of rotatable bonds is 3. The number of amides is 1. The summed E-state index contributed by atoms with van der Waals surface area (Å²) in [6.07, 6.45) is -0.0376. The molecule has 0 spiro atoms. The minimum Gasteiger partial charge on any atom is -0.348 e. The molecule has 1 saturated heterocycles. The van der Waals surface area contributed by atoms with Gasteiger partial charge in [0.05, 0.1) is 0 Å². The Morgan fingerprint density at radius 1 is 1.09 bits per heavy atom. The summed E-state index contributed by atoms with van der Waals surface area (Å²) < 4.78 is 0.876. The smallest absolute Gasteiger partial charge is 0.252 e. The first-order chi connectivity index (χ1) is 15.1. The number of likely N-dealkylation sites (tertiary alicyclic amines) is 1. The standard InChI is InChI=1S/C21H20BrCl3N4O2S/c22-15-6-4-13(5-7-15)18(31)26-19(21(23,24)25)27-20(32)28-9-12-8-14(11-28)16-2-1-3-17(30)29(16)10-12/h1-7,12,14,19H,8-11H2,(H,26,31)(H,27,32)/t12-,14+,19-/m1/s1. The molecule has 1 aromatic heterocycles. The monoisotopic (exact) mass is 576 g/mol. The first kappa shape index (κ1) is 23.8. The Hall–Kier alpha value is -1.32. The number of alkyl halides is 3. The highest BCUT2D eigenvalue weighted by molar-refractivity contribution is 9.10. The van der Waals surface area contributed by atoms with Gasteiger partial charge in [-0.3, -0.25) is 9.59 Å². The molecule has 0 aliphatic carbocycles. The number of nitrogens with zero attached hydrogens (tertiary/aromatic N) is 2. The van der Waals surface area contributed by atoms with Crippen LogP contribution in [0.3, 0.4) is 0 Å². The number of carbonyl (C=O) groups is 1. The summed E-state index contributed by atoms with van der Waals surface area (Å²) in [5, 5.41) is 6.12. The van der Waals surface area contributed by atoms with Gasteiger partial charge in [0.1, 0.15) is 6.17 Å². The van der Waals surface area contributed by atoms with Gasteiger partial charge in [-0.2, -0.15) is 0 Å². The Balaban J connectivity index is 1.47. The molecule has 0 saturated carbocycles.